The number of nitrogens with zero attached hydrogens (tertiary/aromatic N) is 1. The van der Waals surface area contributed by atoms with Crippen molar-refractivity contribution in [2.75, 3.05) is 12.3 Å². The molecule has 0 saturated carbocycles. The second-order valence-corrected chi connectivity index (χ2v) is 6.45. The lowest BCUT2D eigenvalue weighted by Crippen LogP contribution is -2.37. The summed E-state index contributed by atoms with van der Waals surface area (Å²) < 4.78 is 25.1. The van der Waals surface area contributed by atoms with Crippen molar-refractivity contribution in [1.82, 2.24) is 4.31 Å². The molecule has 98 valence electrons. The Balaban J connectivity index is 2.11. The molecule has 0 radical (unpaired) electrons. The molecule has 2 rings (SSSR count). The molecule has 1 aromatic rings. The van der Waals surface area contributed by atoms with Crippen molar-refractivity contribution < 1.29 is 18.3 Å². The fourth-order valence-corrected chi connectivity index (χ4v) is 3.55. The van der Waals surface area contributed by atoms with Gasteiger partial charge in [0.15, 0.2) is 0 Å². The van der Waals surface area contributed by atoms with Crippen LogP contribution in [0.5, 0.6) is 0 Å². The molecule has 1 N–H and O–H groups in total. The molecule has 1 aliphatic heterocycles. The first kappa shape index (κ1) is 13.0. The summed E-state index contributed by atoms with van der Waals surface area (Å²) in [6.07, 6.45) is 1.60. The van der Waals surface area contributed by atoms with Crippen molar-refractivity contribution in [1.29, 1.82) is 0 Å². The van der Waals surface area contributed by atoms with Gasteiger partial charge in [0.05, 0.1) is 11.3 Å². The quantitative estimate of drug-likeness (QED) is 0.897. The van der Waals surface area contributed by atoms with Crippen molar-refractivity contribution in [2.45, 2.75) is 19.4 Å². The number of hydrogen-bond acceptors (Lipinski definition) is 3. The van der Waals surface area contributed by atoms with Gasteiger partial charge in [-0.25, -0.2) is 13.2 Å². The predicted molar refractivity (Wildman–Crippen MR) is 66.8 cm³/mol. The van der Waals surface area contributed by atoms with Crippen molar-refractivity contribution in [3.05, 3.63) is 35.4 Å². The normalized spacial score (nSPS) is 19.6. The minimum absolute atomic E-state index is 0.209. The number of benzene rings is 1. The van der Waals surface area contributed by atoms with Crippen molar-refractivity contribution in [3.63, 3.8) is 0 Å². The molecule has 0 amide bonds. The van der Waals surface area contributed by atoms with Crippen LogP contribution in [0.4, 0.5) is 0 Å². The summed E-state index contributed by atoms with van der Waals surface area (Å²) in [7, 11) is -3.13. The summed E-state index contributed by atoms with van der Waals surface area (Å²) in [5.41, 5.74) is 1.02. The third-order valence-electron chi connectivity index (χ3n) is 3.01. The Hall–Kier alpha value is -1.40. The summed E-state index contributed by atoms with van der Waals surface area (Å²) in [6, 6.07) is 6.31. The highest BCUT2D eigenvalue weighted by Crippen LogP contribution is 2.17. The average Bonchev–Trinajstić information content (AvgIpc) is 2.32. The van der Waals surface area contributed by atoms with Crippen molar-refractivity contribution in [3.8, 4) is 0 Å². The van der Waals surface area contributed by atoms with Gasteiger partial charge in [0, 0.05) is 13.1 Å². The van der Waals surface area contributed by atoms with E-state index in [0.29, 0.717) is 13.1 Å². The Morgan fingerprint density at radius 1 is 1.22 bits per heavy atom. The molecule has 0 unspecified atom stereocenters. The minimum Gasteiger partial charge on any atom is -0.478 e. The number of rotatable bonds is 3. The molecule has 0 spiro atoms. The van der Waals surface area contributed by atoms with Gasteiger partial charge >= 0.3 is 5.97 Å². The lowest BCUT2D eigenvalue weighted by molar-refractivity contribution is 0.0697. The number of carboxylic acids is 1. The van der Waals surface area contributed by atoms with Crippen LogP contribution in [0.25, 0.3) is 0 Å². The Bertz CT molecular complexity index is 536. The predicted octanol–water partition coefficient (Wildman–Crippen LogP) is 1.31. The van der Waals surface area contributed by atoms with E-state index in [-0.39, 0.29) is 11.3 Å². The maximum atomic E-state index is 11.8. The van der Waals surface area contributed by atoms with Gasteiger partial charge in [0.2, 0.25) is 10.0 Å². The van der Waals surface area contributed by atoms with Gasteiger partial charge < -0.3 is 5.11 Å². The highest BCUT2D eigenvalue weighted by molar-refractivity contribution is 7.89. The molecule has 0 bridgehead atoms. The number of aromatic carboxylic acids is 1. The molecule has 1 aliphatic rings. The molecular weight excluding hydrogens is 254 g/mol. The highest BCUT2D eigenvalue weighted by Gasteiger charge is 2.25. The van der Waals surface area contributed by atoms with Crippen LogP contribution in [0.3, 0.4) is 0 Å². The van der Waals surface area contributed by atoms with Gasteiger partial charge in [-0.15, -0.1) is 0 Å². The first-order valence-corrected chi connectivity index (χ1v) is 7.40. The smallest absolute Gasteiger partial charge is 0.335 e. The molecule has 0 aliphatic carbocycles. The van der Waals surface area contributed by atoms with Gasteiger partial charge in [-0.1, -0.05) is 12.1 Å². The summed E-state index contributed by atoms with van der Waals surface area (Å²) in [6.45, 7) is 0.866. The molecule has 0 aromatic heterocycles. The van der Waals surface area contributed by atoms with Gasteiger partial charge in [-0.3, -0.25) is 0 Å². The molecule has 1 saturated heterocycles. The van der Waals surface area contributed by atoms with Crippen LogP contribution < -0.4 is 0 Å². The Kier molecular flexibility index (Phi) is 3.68. The molecule has 6 heteroatoms. The number of sulfonamides is 1. The monoisotopic (exact) mass is 269 g/mol. The maximum Gasteiger partial charge on any atom is 0.335 e. The number of hydrogen-bond donors (Lipinski definition) is 1. The zero-order valence-corrected chi connectivity index (χ0v) is 10.7. The fraction of sp³-hybridized carbons (Fsp3) is 0.417. The topological polar surface area (TPSA) is 74.7 Å². The third kappa shape index (κ3) is 2.88. The van der Waals surface area contributed by atoms with E-state index < -0.39 is 16.0 Å². The Labute approximate surface area is 106 Å². The van der Waals surface area contributed by atoms with E-state index in [1.54, 1.807) is 12.1 Å². The van der Waals surface area contributed by atoms with E-state index in [1.807, 2.05) is 0 Å². The number of carbonyl (C=O) groups is 1. The summed E-state index contributed by atoms with van der Waals surface area (Å²) in [5.74, 6) is -0.771. The second kappa shape index (κ2) is 5.07. The summed E-state index contributed by atoms with van der Waals surface area (Å²) >= 11 is 0. The van der Waals surface area contributed by atoms with E-state index in [1.165, 1.54) is 16.4 Å². The van der Waals surface area contributed by atoms with E-state index in [9.17, 15) is 13.2 Å². The Morgan fingerprint density at radius 2 is 1.89 bits per heavy atom. The van der Waals surface area contributed by atoms with Gasteiger partial charge in [-0.05, 0) is 30.5 Å². The minimum atomic E-state index is -3.13. The molecule has 5 nitrogen and oxygen atoms in total. The molecule has 1 fully saturated rings. The van der Waals surface area contributed by atoms with Crippen LogP contribution in [0.1, 0.15) is 28.8 Å². The van der Waals surface area contributed by atoms with Crippen molar-refractivity contribution in [2.24, 2.45) is 0 Å². The van der Waals surface area contributed by atoms with Crippen LogP contribution in [0, 0.1) is 0 Å². The van der Waals surface area contributed by atoms with Crippen LogP contribution in [0.2, 0.25) is 0 Å². The van der Waals surface area contributed by atoms with E-state index in [2.05, 4.69) is 0 Å². The van der Waals surface area contributed by atoms with E-state index in [4.69, 9.17) is 5.11 Å². The van der Waals surface area contributed by atoms with Gasteiger partial charge in [0.1, 0.15) is 0 Å². The summed E-state index contributed by atoms with van der Waals surface area (Å²) in [4.78, 5) is 10.7. The van der Waals surface area contributed by atoms with Crippen LogP contribution >= 0.6 is 0 Å². The zero-order valence-electron chi connectivity index (χ0n) is 9.87. The first-order chi connectivity index (χ1) is 8.49. The standard InChI is InChI=1S/C12H15NO4S/c14-12(15)11-5-3-10(4-6-11)9-13-7-1-2-8-18(13,16)17/h3-6H,1-2,7-9H2,(H,14,15). The van der Waals surface area contributed by atoms with E-state index >= 15 is 0 Å². The first-order valence-electron chi connectivity index (χ1n) is 5.79. The van der Waals surface area contributed by atoms with Crippen molar-refractivity contribution >= 4 is 16.0 Å². The maximum absolute atomic E-state index is 11.8. The molecular formula is C12H15NO4S. The third-order valence-corrected chi connectivity index (χ3v) is 4.92. The molecule has 0 atom stereocenters. The molecule has 1 heterocycles. The fourth-order valence-electron chi connectivity index (χ4n) is 1.97. The highest BCUT2D eigenvalue weighted by atomic mass is 32.2. The molecule has 1 aromatic carbocycles. The Morgan fingerprint density at radius 3 is 2.44 bits per heavy atom. The van der Waals surface area contributed by atoms with Gasteiger partial charge in [0.25, 0.3) is 0 Å². The van der Waals surface area contributed by atoms with Crippen LogP contribution in [-0.2, 0) is 16.6 Å². The van der Waals surface area contributed by atoms with Gasteiger partial charge in [-0.2, -0.15) is 4.31 Å². The van der Waals surface area contributed by atoms with Crippen LogP contribution in [-0.4, -0.2) is 36.1 Å². The molecule has 18 heavy (non-hydrogen) atoms. The summed E-state index contributed by atoms with van der Waals surface area (Å²) in [5, 5.41) is 8.77. The second-order valence-electron chi connectivity index (χ2n) is 4.36. The SMILES string of the molecule is O=C(O)c1ccc(CN2CCCCS2(=O)=O)cc1. The largest absolute Gasteiger partial charge is 0.478 e. The van der Waals surface area contributed by atoms with E-state index in [0.717, 1.165) is 18.4 Å². The number of carboxylic acid groups (broad SMARTS) is 1. The van der Waals surface area contributed by atoms with Crippen LogP contribution in [0.15, 0.2) is 24.3 Å². The zero-order chi connectivity index (χ0) is 13.2. The average molecular weight is 269 g/mol. The lowest BCUT2D eigenvalue weighted by Gasteiger charge is -2.26. The lowest BCUT2D eigenvalue weighted by atomic mass is 10.1.